The van der Waals surface area contributed by atoms with Crippen LogP contribution in [0.2, 0.25) is 0 Å². The minimum Gasteiger partial charge on any atom is -0.410 e. The summed E-state index contributed by atoms with van der Waals surface area (Å²) in [7, 11) is 0. The molecule has 78 valence electrons. The van der Waals surface area contributed by atoms with E-state index in [4.69, 9.17) is 5.21 Å². The predicted molar refractivity (Wildman–Crippen MR) is 55.7 cm³/mol. The number of hydrogen-bond donors (Lipinski definition) is 2. The first-order valence-corrected chi connectivity index (χ1v) is 4.61. The van der Waals surface area contributed by atoms with E-state index in [2.05, 4.69) is 10.6 Å². The van der Waals surface area contributed by atoms with Gasteiger partial charge in [0.15, 0.2) is 5.71 Å². The Hall–Kier alpha value is -1.88. The molecule has 2 N–H and O–H groups in total. The molecule has 1 fully saturated rings. The first-order chi connectivity index (χ1) is 7.24. The first kappa shape index (κ1) is 9.67. The number of oxime groups is 1. The van der Waals surface area contributed by atoms with Crippen LogP contribution < -0.4 is 10.4 Å². The normalized spacial score (nSPS) is 23.8. The number of carbonyl (C=O) groups excluding carboxylic acids is 1. The molecule has 1 heterocycles. The average molecular weight is 205 g/mol. The largest absolute Gasteiger partial charge is 0.410 e. The Kier molecular flexibility index (Phi) is 2.39. The molecular formula is C10H11N3O2. The van der Waals surface area contributed by atoms with Crippen LogP contribution in [-0.4, -0.2) is 22.9 Å². The number of carbonyl (C=O) groups is 1. The highest BCUT2D eigenvalue weighted by atomic mass is 16.4. The van der Waals surface area contributed by atoms with Gasteiger partial charge in [-0.15, -0.1) is 0 Å². The monoisotopic (exact) mass is 205 g/mol. The van der Waals surface area contributed by atoms with Gasteiger partial charge >= 0.3 is 0 Å². The summed E-state index contributed by atoms with van der Waals surface area (Å²) in [4.78, 5) is 11.7. The van der Waals surface area contributed by atoms with Crippen LogP contribution >= 0.6 is 0 Å². The minimum absolute atomic E-state index is 0.124. The summed E-state index contributed by atoms with van der Waals surface area (Å²) in [5.74, 6) is -0.323. The minimum atomic E-state index is -0.323. The van der Waals surface area contributed by atoms with Gasteiger partial charge < -0.3 is 5.21 Å². The molecule has 0 aromatic heterocycles. The van der Waals surface area contributed by atoms with Gasteiger partial charge in [-0.3, -0.25) is 4.79 Å². The second-order valence-corrected chi connectivity index (χ2v) is 3.31. The molecule has 1 aliphatic heterocycles. The van der Waals surface area contributed by atoms with E-state index >= 15 is 0 Å². The summed E-state index contributed by atoms with van der Waals surface area (Å²) in [6.07, 6.45) is 0. The fourth-order valence-electron chi connectivity index (χ4n) is 1.51. The Labute approximate surface area is 87.0 Å². The standard InChI is InChI=1S/C10H11N3O2/c1-7-9(12-15)10(14)13(11-7)8-5-3-2-4-6-8/h2-7,11,15H,1H3/b12-9+/t7-/m1/s1. The van der Waals surface area contributed by atoms with Crippen molar-refractivity contribution in [2.75, 3.05) is 5.01 Å². The van der Waals surface area contributed by atoms with Crippen molar-refractivity contribution in [1.29, 1.82) is 0 Å². The highest BCUT2D eigenvalue weighted by Gasteiger charge is 2.35. The molecule has 0 unspecified atom stereocenters. The molecule has 0 saturated carbocycles. The Morgan fingerprint density at radius 1 is 1.40 bits per heavy atom. The molecule has 1 aromatic rings. The Balaban J connectivity index is 2.31. The van der Waals surface area contributed by atoms with Crippen LogP contribution in [-0.2, 0) is 4.79 Å². The van der Waals surface area contributed by atoms with E-state index in [0.717, 1.165) is 5.69 Å². The van der Waals surface area contributed by atoms with Crippen molar-refractivity contribution in [1.82, 2.24) is 5.43 Å². The summed E-state index contributed by atoms with van der Waals surface area (Å²) in [6, 6.07) is 8.87. The van der Waals surface area contributed by atoms with E-state index in [-0.39, 0.29) is 17.7 Å². The van der Waals surface area contributed by atoms with E-state index < -0.39 is 0 Å². The molecule has 2 rings (SSSR count). The summed E-state index contributed by atoms with van der Waals surface area (Å²) in [5, 5.41) is 13.0. The third-order valence-electron chi connectivity index (χ3n) is 2.28. The van der Waals surface area contributed by atoms with Crippen LogP contribution in [0.3, 0.4) is 0 Å². The predicted octanol–water partition coefficient (Wildman–Crippen LogP) is 0.756. The molecule has 1 aliphatic rings. The zero-order valence-electron chi connectivity index (χ0n) is 8.21. The summed E-state index contributed by atoms with van der Waals surface area (Å²) in [5.41, 5.74) is 3.77. The highest BCUT2D eigenvalue weighted by Crippen LogP contribution is 2.16. The summed E-state index contributed by atoms with van der Waals surface area (Å²) >= 11 is 0. The molecule has 5 heteroatoms. The maximum Gasteiger partial charge on any atom is 0.292 e. The number of hydrogen-bond acceptors (Lipinski definition) is 4. The van der Waals surface area contributed by atoms with Crippen LogP contribution in [0.1, 0.15) is 6.92 Å². The molecule has 5 nitrogen and oxygen atoms in total. The lowest BCUT2D eigenvalue weighted by atomic mass is 10.2. The maximum atomic E-state index is 11.7. The van der Waals surface area contributed by atoms with E-state index in [0.29, 0.717) is 0 Å². The molecule has 0 radical (unpaired) electrons. The maximum absolute atomic E-state index is 11.7. The van der Waals surface area contributed by atoms with Crippen molar-refractivity contribution in [3.05, 3.63) is 30.3 Å². The van der Waals surface area contributed by atoms with Crippen molar-refractivity contribution in [2.24, 2.45) is 5.16 Å². The van der Waals surface area contributed by atoms with Crippen molar-refractivity contribution < 1.29 is 10.0 Å². The highest BCUT2D eigenvalue weighted by molar-refractivity contribution is 6.47. The lowest BCUT2D eigenvalue weighted by Gasteiger charge is -2.15. The number of hydrazine groups is 1. The molecule has 1 atom stereocenters. The van der Waals surface area contributed by atoms with Crippen molar-refractivity contribution in [3.8, 4) is 0 Å². The van der Waals surface area contributed by atoms with Crippen LogP contribution in [0.5, 0.6) is 0 Å². The van der Waals surface area contributed by atoms with Gasteiger partial charge in [-0.05, 0) is 19.1 Å². The lowest BCUT2D eigenvalue weighted by Crippen LogP contribution is -2.36. The average Bonchev–Trinajstić information content (AvgIpc) is 2.55. The fraction of sp³-hybridized carbons (Fsp3) is 0.200. The molecule has 0 bridgehead atoms. The SMILES string of the molecule is C[C@H]1NN(c2ccccc2)C(=O)/C1=N/O. The number of para-hydroxylation sites is 1. The number of benzene rings is 1. The zero-order valence-corrected chi connectivity index (χ0v) is 8.21. The molecule has 15 heavy (non-hydrogen) atoms. The van der Waals surface area contributed by atoms with Gasteiger partial charge in [0.25, 0.3) is 5.91 Å². The number of nitrogens with one attached hydrogen (secondary N) is 1. The van der Waals surface area contributed by atoms with Crippen LogP contribution in [0.25, 0.3) is 0 Å². The van der Waals surface area contributed by atoms with E-state index in [1.807, 2.05) is 18.2 Å². The zero-order chi connectivity index (χ0) is 10.8. The van der Waals surface area contributed by atoms with Gasteiger partial charge in [-0.1, -0.05) is 23.4 Å². The van der Waals surface area contributed by atoms with Gasteiger partial charge in [0.1, 0.15) is 0 Å². The van der Waals surface area contributed by atoms with Crippen LogP contribution in [0.15, 0.2) is 35.5 Å². The molecule has 0 aliphatic carbocycles. The molecule has 1 saturated heterocycles. The Morgan fingerprint density at radius 3 is 2.60 bits per heavy atom. The molecule has 1 amide bonds. The summed E-state index contributed by atoms with van der Waals surface area (Å²) < 4.78 is 0. The quantitative estimate of drug-likeness (QED) is 0.525. The van der Waals surface area contributed by atoms with Gasteiger partial charge in [0.05, 0.1) is 11.7 Å². The second-order valence-electron chi connectivity index (χ2n) is 3.31. The van der Waals surface area contributed by atoms with Gasteiger partial charge in [-0.2, -0.15) is 0 Å². The van der Waals surface area contributed by atoms with E-state index in [1.165, 1.54) is 5.01 Å². The molecular weight excluding hydrogens is 194 g/mol. The fourth-order valence-corrected chi connectivity index (χ4v) is 1.51. The van der Waals surface area contributed by atoms with Crippen molar-refractivity contribution in [3.63, 3.8) is 0 Å². The first-order valence-electron chi connectivity index (χ1n) is 4.61. The van der Waals surface area contributed by atoms with Crippen LogP contribution in [0, 0.1) is 0 Å². The van der Waals surface area contributed by atoms with Crippen molar-refractivity contribution in [2.45, 2.75) is 13.0 Å². The summed E-state index contributed by atoms with van der Waals surface area (Å²) in [6.45, 7) is 1.76. The number of anilines is 1. The number of rotatable bonds is 1. The number of nitrogens with zero attached hydrogens (tertiary/aromatic N) is 2. The smallest absolute Gasteiger partial charge is 0.292 e. The third-order valence-corrected chi connectivity index (χ3v) is 2.28. The lowest BCUT2D eigenvalue weighted by molar-refractivity contribution is -0.112. The number of amides is 1. The van der Waals surface area contributed by atoms with Crippen molar-refractivity contribution >= 4 is 17.3 Å². The molecule has 1 aromatic carbocycles. The Bertz CT molecular complexity index is 402. The second kappa shape index (κ2) is 3.70. The van der Waals surface area contributed by atoms with E-state index in [1.54, 1.807) is 19.1 Å². The van der Waals surface area contributed by atoms with Gasteiger partial charge in [0.2, 0.25) is 0 Å². The third kappa shape index (κ3) is 1.57. The van der Waals surface area contributed by atoms with Gasteiger partial charge in [0, 0.05) is 0 Å². The topological polar surface area (TPSA) is 64.9 Å². The van der Waals surface area contributed by atoms with Crippen LogP contribution in [0.4, 0.5) is 5.69 Å². The Morgan fingerprint density at radius 2 is 2.07 bits per heavy atom. The van der Waals surface area contributed by atoms with E-state index in [9.17, 15) is 4.79 Å². The molecule has 0 spiro atoms. The van der Waals surface area contributed by atoms with Gasteiger partial charge in [-0.25, -0.2) is 10.4 Å².